The fraction of sp³-hybridized carbons (Fsp3) is 0.438. The van der Waals surface area contributed by atoms with Gasteiger partial charge in [-0.3, -0.25) is 4.79 Å². The van der Waals surface area contributed by atoms with Crippen LogP contribution in [0.15, 0.2) is 28.7 Å². The van der Waals surface area contributed by atoms with E-state index in [4.69, 9.17) is 4.42 Å². The zero-order valence-corrected chi connectivity index (χ0v) is 11.5. The molecule has 2 aromatic rings. The summed E-state index contributed by atoms with van der Waals surface area (Å²) >= 11 is 0. The molecule has 2 heteroatoms. The smallest absolute Gasteiger partial charge is 0.204 e. The van der Waals surface area contributed by atoms with Gasteiger partial charge in [0.25, 0.3) is 0 Å². The maximum Gasteiger partial charge on any atom is 0.204 e. The van der Waals surface area contributed by atoms with E-state index in [1.807, 2.05) is 38.1 Å². The van der Waals surface area contributed by atoms with Gasteiger partial charge in [0.15, 0.2) is 5.76 Å². The van der Waals surface area contributed by atoms with Gasteiger partial charge in [-0.2, -0.15) is 0 Å². The predicted octanol–water partition coefficient (Wildman–Crippen LogP) is 4.75. The second-order valence-corrected chi connectivity index (χ2v) is 5.15. The fourth-order valence-electron chi connectivity index (χ4n) is 2.24. The van der Waals surface area contributed by atoms with Gasteiger partial charge < -0.3 is 4.42 Å². The summed E-state index contributed by atoms with van der Waals surface area (Å²) in [7, 11) is 0. The minimum absolute atomic E-state index is 0.126. The average molecular weight is 244 g/mol. The van der Waals surface area contributed by atoms with Crippen LogP contribution in [-0.2, 0) is 0 Å². The highest BCUT2D eigenvalue weighted by Crippen LogP contribution is 2.34. The van der Waals surface area contributed by atoms with Crippen LogP contribution in [0.25, 0.3) is 11.0 Å². The Labute approximate surface area is 108 Å². The molecule has 96 valence electrons. The number of Topliss-reactive ketones (excluding diaryl/α,β-unsaturated/α-hetero) is 1. The number of hydrogen-bond donors (Lipinski definition) is 0. The van der Waals surface area contributed by atoms with Crippen molar-refractivity contribution in [1.82, 2.24) is 0 Å². The molecule has 2 rings (SSSR count). The molecule has 0 spiro atoms. The van der Waals surface area contributed by atoms with E-state index in [-0.39, 0.29) is 11.2 Å². The van der Waals surface area contributed by atoms with E-state index in [1.54, 1.807) is 0 Å². The molecule has 2 nitrogen and oxygen atoms in total. The highest BCUT2D eigenvalue weighted by Gasteiger charge is 2.33. The third kappa shape index (κ3) is 1.86. The summed E-state index contributed by atoms with van der Waals surface area (Å²) < 4.78 is 5.76. The Bertz CT molecular complexity index is 574. The van der Waals surface area contributed by atoms with Crippen LogP contribution >= 0.6 is 0 Å². The molecule has 1 aromatic heterocycles. The number of carbonyl (C=O) groups is 1. The Morgan fingerprint density at radius 3 is 2.39 bits per heavy atom. The number of rotatable bonds is 4. The number of fused-ring (bicyclic) bond motifs is 1. The largest absolute Gasteiger partial charge is 0.453 e. The quantitative estimate of drug-likeness (QED) is 0.726. The molecule has 1 aromatic carbocycles. The van der Waals surface area contributed by atoms with Crippen molar-refractivity contribution >= 4 is 16.8 Å². The summed E-state index contributed by atoms with van der Waals surface area (Å²) in [6, 6.07) is 7.81. The number of para-hydroxylation sites is 1. The number of hydrogen-bond acceptors (Lipinski definition) is 2. The Morgan fingerprint density at radius 1 is 1.22 bits per heavy atom. The van der Waals surface area contributed by atoms with E-state index in [9.17, 15) is 4.79 Å². The Morgan fingerprint density at radius 2 is 1.83 bits per heavy atom. The van der Waals surface area contributed by atoms with Crippen LogP contribution in [0.3, 0.4) is 0 Å². The Balaban J connectivity index is 2.55. The summed E-state index contributed by atoms with van der Waals surface area (Å²) in [5, 5.41) is 1.04. The third-order valence-corrected chi connectivity index (χ3v) is 4.16. The van der Waals surface area contributed by atoms with Gasteiger partial charge in [-0.25, -0.2) is 0 Å². The topological polar surface area (TPSA) is 30.2 Å². The van der Waals surface area contributed by atoms with Crippen molar-refractivity contribution in [3.05, 3.63) is 35.6 Å². The molecule has 18 heavy (non-hydrogen) atoms. The second kappa shape index (κ2) is 4.60. The molecule has 1 heterocycles. The number of benzene rings is 1. The summed E-state index contributed by atoms with van der Waals surface area (Å²) in [5.41, 5.74) is 1.44. The van der Waals surface area contributed by atoms with Crippen LogP contribution in [0, 0.1) is 12.3 Å². The minimum atomic E-state index is -0.321. The zero-order chi connectivity index (χ0) is 13.3. The molecule has 0 unspecified atom stereocenters. The van der Waals surface area contributed by atoms with Gasteiger partial charge in [0, 0.05) is 16.4 Å². The van der Waals surface area contributed by atoms with Gasteiger partial charge in [-0.05, 0) is 25.8 Å². The van der Waals surface area contributed by atoms with Crippen molar-refractivity contribution in [2.45, 2.75) is 40.5 Å². The lowest BCUT2D eigenvalue weighted by molar-refractivity contribution is 0.0773. The number of aryl methyl sites for hydroxylation is 1. The normalized spacial score (nSPS) is 12.0. The summed E-state index contributed by atoms with van der Waals surface area (Å²) in [6.07, 6.45) is 1.66. The SMILES string of the molecule is CCC(C)(CC)C(=O)c1oc2ccccc2c1C. The van der Waals surface area contributed by atoms with Crippen molar-refractivity contribution in [3.63, 3.8) is 0 Å². The van der Waals surface area contributed by atoms with Crippen molar-refractivity contribution in [2.24, 2.45) is 5.41 Å². The van der Waals surface area contributed by atoms with E-state index < -0.39 is 0 Å². The monoisotopic (exact) mass is 244 g/mol. The zero-order valence-electron chi connectivity index (χ0n) is 11.5. The molecule has 0 aliphatic heterocycles. The van der Waals surface area contributed by atoms with Gasteiger partial charge in [0.05, 0.1) is 0 Å². The first-order chi connectivity index (χ1) is 8.53. The van der Waals surface area contributed by atoms with Crippen molar-refractivity contribution in [1.29, 1.82) is 0 Å². The maximum atomic E-state index is 12.6. The summed E-state index contributed by atoms with van der Waals surface area (Å²) in [4.78, 5) is 12.6. The second-order valence-electron chi connectivity index (χ2n) is 5.15. The summed E-state index contributed by atoms with van der Waals surface area (Å²) in [6.45, 7) is 8.09. The van der Waals surface area contributed by atoms with Gasteiger partial charge in [-0.15, -0.1) is 0 Å². The molecule has 0 atom stereocenters. The molecule has 0 fully saturated rings. The first-order valence-electron chi connectivity index (χ1n) is 6.56. The lowest BCUT2D eigenvalue weighted by Gasteiger charge is -2.23. The minimum Gasteiger partial charge on any atom is -0.453 e. The fourth-order valence-corrected chi connectivity index (χ4v) is 2.24. The average Bonchev–Trinajstić information content (AvgIpc) is 2.75. The number of carbonyl (C=O) groups excluding carboxylic acids is 1. The van der Waals surface area contributed by atoms with Crippen LogP contribution in [0.2, 0.25) is 0 Å². The predicted molar refractivity (Wildman–Crippen MR) is 74.0 cm³/mol. The van der Waals surface area contributed by atoms with Crippen molar-refractivity contribution < 1.29 is 9.21 Å². The number of ketones is 1. The lowest BCUT2D eigenvalue weighted by Crippen LogP contribution is -2.26. The van der Waals surface area contributed by atoms with Crippen molar-refractivity contribution in [2.75, 3.05) is 0 Å². The Hall–Kier alpha value is -1.57. The van der Waals surface area contributed by atoms with E-state index >= 15 is 0 Å². The standard InChI is InChI=1S/C16H20O2/c1-5-16(4,6-2)15(17)14-11(3)12-9-7-8-10-13(12)18-14/h7-10H,5-6H2,1-4H3. The highest BCUT2D eigenvalue weighted by molar-refractivity contribution is 6.03. The first-order valence-corrected chi connectivity index (χ1v) is 6.56. The molecule has 0 saturated carbocycles. The van der Waals surface area contributed by atoms with Crippen LogP contribution in [0.4, 0.5) is 0 Å². The molecule has 0 N–H and O–H groups in total. The molecular weight excluding hydrogens is 224 g/mol. The number of furan rings is 1. The van der Waals surface area contributed by atoms with E-state index in [2.05, 4.69) is 13.8 Å². The molecule has 0 amide bonds. The van der Waals surface area contributed by atoms with Crippen LogP contribution in [-0.4, -0.2) is 5.78 Å². The highest BCUT2D eigenvalue weighted by atomic mass is 16.3. The van der Waals surface area contributed by atoms with Crippen LogP contribution < -0.4 is 0 Å². The van der Waals surface area contributed by atoms with Gasteiger partial charge in [-0.1, -0.05) is 39.0 Å². The maximum absolute atomic E-state index is 12.6. The summed E-state index contributed by atoms with van der Waals surface area (Å²) in [5.74, 6) is 0.656. The van der Waals surface area contributed by atoms with E-state index in [0.717, 1.165) is 29.4 Å². The third-order valence-electron chi connectivity index (χ3n) is 4.16. The van der Waals surface area contributed by atoms with Crippen LogP contribution in [0.1, 0.15) is 49.7 Å². The Kier molecular flexibility index (Phi) is 3.29. The van der Waals surface area contributed by atoms with E-state index in [1.165, 1.54) is 0 Å². The molecule has 0 bridgehead atoms. The molecule has 0 radical (unpaired) electrons. The van der Waals surface area contributed by atoms with Crippen molar-refractivity contribution in [3.8, 4) is 0 Å². The molecule has 0 aliphatic carbocycles. The molecule has 0 saturated heterocycles. The lowest BCUT2D eigenvalue weighted by atomic mass is 9.79. The molecular formula is C16H20O2. The van der Waals surface area contributed by atoms with Gasteiger partial charge in [0.1, 0.15) is 5.58 Å². The van der Waals surface area contributed by atoms with Gasteiger partial charge >= 0.3 is 0 Å². The van der Waals surface area contributed by atoms with Gasteiger partial charge in [0.2, 0.25) is 5.78 Å². The van der Waals surface area contributed by atoms with Crippen LogP contribution in [0.5, 0.6) is 0 Å². The first kappa shape index (κ1) is 12.9. The molecule has 0 aliphatic rings. The van der Waals surface area contributed by atoms with E-state index in [0.29, 0.717) is 5.76 Å².